The summed E-state index contributed by atoms with van der Waals surface area (Å²) < 4.78 is 2.73. The maximum atomic E-state index is 11.8. The molecule has 0 aliphatic heterocycles. The average molecular weight is 314 g/mol. The second-order valence-electron chi connectivity index (χ2n) is 3.69. The van der Waals surface area contributed by atoms with Crippen molar-refractivity contribution < 1.29 is 4.79 Å². The molecule has 1 N–H and O–H groups in total. The third kappa shape index (κ3) is 2.76. The van der Waals surface area contributed by atoms with Gasteiger partial charge in [0, 0.05) is 34.7 Å². The number of rotatable bonds is 3. The Morgan fingerprint density at radius 1 is 1.65 bits per heavy atom. The van der Waals surface area contributed by atoms with E-state index in [2.05, 4.69) is 26.3 Å². The molecule has 0 radical (unpaired) electrons. The largest absolute Gasteiger partial charge is 0.347 e. The smallest absolute Gasteiger partial charge is 0.261 e. The molecule has 0 spiro atoms. The highest BCUT2D eigenvalue weighted by atomic mass is 79.9. The van der Waals surface area contributed by atoms with E-state index in [0.717, 1.165) is 15.7 Å². The van der Waals surface area contributed by atoms with Gasteiger partial charge in [-0.25, -0.2) is 0 Å². The topological polar surface area (TPSA) is 46.9 Å². The van der Waals surface area contributed by atoms with E-state index in [1.54, 1.807) is 10.9 Å². The maximum absolute atomic E-state index is 11.8. The highest BCUT2D eigenvalue weighted by Crippen LogP contribution is 2.19. The molecule has 2 aromatic heterocycles. The molecule has 0 atom stereocenters. The Morgan fingerprint density at radius 2 is 2.41 bits per heavy atom. The SMILES string of the molecule is Cc1c(CNC(=O)c2cc(Br)cs2)cnn1C. The second-order valence-corrected chi connectivity index (χ2v) is 5.52. The van der Waals surface area contributed by atoms with Crippen molar-refractivity contribution in [3.8, 4) is 0 Å². The minimum Gasteiger partial charge on any atom is -0.347 e. The lowest BCUT2D eigenvalue weighted by Crippen LogP contribution is -2.22. The van der Waals surface area contributed by atoms with Crippen molar-refractivity contribution in [1.82, 2.24) is 15.1 Å². The van der Waals surface area contributed by atoms with Crippen molar-refractivity contribution in [3.63, 3.8) is 0 Å². The van der Waals surface area contributed by atoms with Crippen LogP contribution in [0.5, 0.6) is 0 Å². The number of aromatic nitrogens is 2. The van der Waals surface area contributed by atoms with Crippen LogP contribution >= 0.6 is 27.3 Å². The molecule has 2 rings (SSSR count). The van der Waals surface area contributed by atoms with Crippen LogP contribution in [0.25, 0.3) is 0 Å². The van der Waals surface area contributed by atoms with E-state index in [1.807, 2.05) is 25.4 Å². The van der Waals surface area contributed by atoms with Crippen molar-refractivity contribution in [2.45, 2.75) is 13.5 Å². The van der Waals surface area contributed by atoms with Crippen LogP contribution in [0.15, 0.2) is 22.1 Å². The van der Waals surface area contributed by atoms with E-state index >= 15 is 0 Å². The lowest BCUT2D eigenvalue weighted by Gasteiger charge is -2.03. The molecule has 1 amide bonds. The summed E-state index contributed by atoms with van der Waals surface area (Å²) in [6.07, 6.45) is 1.78. The summed E-state index contributed by atoms with van der Waals surface area (Å²) in [4.78, 5) is 12.5. The Bertz CT molecular complexity index is 547. The number of hydrogen-bond acceptors (Lipinski definition) is 3. The van der Waals surface area contributed by atoms with Gasteiger partial charge >= 0.3 is 0 Å². The third-order valence-corrected chi connectivity index (χ3v) is 4.26. The molecular formula is C11H12BrN3OS. The second kappa shape index (κ2) is 5.01. The Kier molecular flexibility index (Phi) is 3.63. The van der Waals surface area contributed by atoms with Crippen molar-refractivity contribution in [3.05, 3.63) is 38.3 Å². The first-order valence-corrected chi connectivity index (χ1v) is 6.75. The molecule has 2 heterocycles. The van der Waals surface area contributed by atoms with Crippen LogP contribution in [-0.2, 0) is 13.6 Å². The van der Waals surface area contributed by atoms with Crippen molar-refractivity contribution in [1.29, 1.82) is 0 Å². The zero-order valence-corrected chi connectivity index (χ0v) is 11.9. The zero-order valence-electron chi connectivity index (χ0n) is 9.53. The van der Waals surface area contributed by atoms with E-state index in [4.69, 9.17) is 0 Å². The van der Waals surface area contributed by atoms with Gasteiger partial charge in [0.15, 0.2) is 0 Å². The van der Waals surface area contributed by atoms with Gasteiger partial charge in [-0.1, -0.05) is 0 Å². The Hall–Kier alpha value is -1.14. The highest BCUT2D eigenvalue weighted by Gasteiger charge is 2.09. The van der Waals surface area contributed by atoms with Gasteiger partial charge < -0.3 is 5.32 Å². The number of thiophene rings is 1. The fraction of sp³-hybridized carbons (Fsp3) is 0.273. The van der Waals surface area contributed by atoms with Gasteiger partial charge in [0.05, 0.1) is 11.1 Å². The normalized spacial score (nSPS) is 10.5. The van der Waals surface area contributed by atoms with E-state index in [1.165, 1.54) is 11.3 Å². The molecule has 2 aromatic rings. The summed E-state index contributed by atoms with van der Waals surface area (Å²) >= 11 is 4.75. The summed E-state index contributed by atoms with van der Waals surface area (Å²) in [5, 5.41) is 8.90. The standard InChI is InChI=1S/C11H12BrN3OS/c1-7-8(5-14-15(7)2)4-13-11(16)10-3-9(12)6-17-10/h3,5-6H,4H2,1-2H3,(H,13,16). The van der Waals surface area contributed by atoms with Gasteiger partial charge in [-0.3, -0.25) is 9.48 Å². The molecule has 90 valence electrons. The van der Waals surface area contributed by atoms with Crippen LogP contribution in [-0.4, -0.2) is 15.7 Å². The summed E-state index contributed by atoms with van der Waals surface area (Å²) in [5.74, 6) is -0.0519. The molecule has 0 aliphatic rings. The molecule has 0 aromatic carbocycles. The van der Waals surface area contributed by atoms with Gasteiger partial charge in [0.25, 0.3) is 5.91 Å². The number of aryl methyl sites for hydroxylation is 1. The minimum atomic E-state index is -0.0519. The van der Waals surface area contributed by atoms with Crippen LogP contribution in [0, 0.1) is 6.92 Å². The molecule has 0 aliphatic carbocycles. The Morgan fingerprint density at radius 3 is 2.94 bits per heavy atom. The molecule has 0 saturated heterocycles. The van der Waals surface area contributed by atoms with E-state index in [9.17, 15) is 4.79 Å². The molecule has 0 unspecified atom stereocenters. The predicted molar refractivity (Wildman–Crippen MR) is 71.1 cm³/mol. The van der Waals surface area contributed by atoms with Crippen LogP contribution in [0.2, 0.25) is 0 Å². The first kappa shape index (κ1) is 12.3. The zero-order chi connectivity index (χ0) is 12.4. The van der Waals surface area contributed by atoms with Crippen LogP contribution in [0.4, 0.5) is 0 Å². The molecule has 6 heteroatoms. The monoisotopic (exact) mass is 313 g/mol. The van der Waals surface area contributed by atoms with Crippen LogP contribution in [0.1, 0.15) is 20.9 Å². The number of nitrogens with one attached hydrogen (secondary N) is 1. The molecular weight excluding hydrogens is 302 g/mol. The quantitative estimate of drug-likeness (QED) is 0.946. The van der Waals surface area contributed by atoms with Gasteiger partial charge in [-0.05, 0) is 28.9 Å². The number of halogens is 1. The highest BCUT2D eigenvalue weighted by molar-refractivity contribution is 9.10. The first-order valence-electron chi connectivity index (χ1n) is 5.07. The fourth-order valence-electron chi connectivity index (χ4n) is 1.41. The number of carbonyl (C=O) groups is 1. The van der Waals surface area contributed by atoms with E-state index < -0.39 is 0 Å². The van der Waals surface area contributed by atoms with Crippen molar-refractivity contribution in [2.24, 2.45) is 7.05 Å². The van der Waals surface area contributed by atoms with Gasteiger partial charge in [-0.15, -0.1) is 11.3 Å². The van der Waals surface area contributed by atoms with Crippen LogP contribution in [0.3, 0.4) is 0 Å². The minimum absolute atomic E-state index is 0.0519. The van der Waals surface area contributed by atoms with Gasteiger partial charge in [0.1, 0.15) is 0 Å². The average Bonchev–Trinajstić information content (AvgIpc) is 2.86. The summed E-state index contributed by atoms with van der Waals surface area (Å²) in [6.45, 7) is 2.49. The summed E-state index contributed by atoms with van der Waals surface area (Å²) in [6, 6.07) is 1.82. The first-order chi connectivity index (χ1) is 8.08. The lowest BCUT2D eigenvalue weighted by atomic mass is 10.2. The molecule has 4 nitrogen and oxygen atoms in total. The van der Waals surface area contributed by atoms with E-state index in [-0.39, 0.29) is 5.91 Å². The Balaban J connectivity index is 1.99. The molecule has 0 saturated carbocycles. The summed E-state index contributed by atoms with van der Waals surface area (Å²) in [5.41, 5.74) is 2.11. The van der Waals surface area contributed by atoms with Gasteiger partial charge in [0.2, 0.25) is 0 Å². The third-order valence-electron chi connectivity index (χ3n) is 2.57. The van der Waals surface area contributed by atoms with Gasteiger partial charge in [-0.2, -0.15) is 5.10 Å². The molecule has 0 fully saturated rings. The molecule has 17 heavy (non-hydrogen) atoms. The van der Waals surface area contributed by atoms with Crippen molar-refractivity contribution in [2.75, 3.05) is 0 Å². The lowest BCUT2D eigenvalue weighted by molar-refractivity contribution is 0.0955. The maximum Gasteiger partial charge on any atom is 0.261 e. The number of carbonyl (C=O) groups excluding carboxylic acids is 1. The number of amides is 1. The Labute approximate surface area is 112 Å². The van der Waals surface area contributed by atoms with Crippen LogP contribution < -0.4 is 5.32 Å². The predicted octanol–water partition coefficient (Wildman–Crippen LogP) is 2.48. The number of hydrogen-bond donors (Lipinski definition) is 1. The summed E-state index contributed by atoms with van der Waals surface area (Å²) in [7, 11) is 1.89. The van der Waals surface area contributed by atoms with Crippen molar-refractivity contribution >= 4 is 33.2 Å². The van der Waals surface area contributed by atoms with E-state index in [0.29, 0.717) is 11.4 Å². The number of nitrogens with zero attached hydrogens (tertiary/aromatic N) is 2. The molecule has 0 bridgehead atoms. The fourth-order valence-corrected chi connectivity index (χ4v) is 2.76.